The average Bonchev–Trinajstić information content (AvgIpc) is 2.44. The second-order valence-electron chi connectivity index (χ2n) is 4.69. The largest absolute Gasteiger partial charge is 0.348 e. The van der Waals surface area contributed by atoms with Gasteiger partial charge in [0.25, 0.3) is 5.91 Å². The lowest BCUT2D eigenvalue weighted by Gasteiger charge is -2.10. The molecule has 5 heteroatoms. The summed E-state index contributed by atoms with van der Waals surface area (Å²) in [6.45, 7) is 4.33. The fraction of sp³-hybridized carbons (Fsp3) is 0.200. The number of nitrogens with one attached hydrogen (secondary N) is 2. The topological polar surface area (TPSA) is 80.0 Å². The van der Waals surface area contributed by atoms with Crippen molar-refractivity contribution in [3.05, 3.63) is 58.9 Å². The van der Waals surface area contributed by atoms with Crippen molar-refractivity contribution < 1.29 is 4.79 Å². The van der Waals surface area contributed by atoms with Gasteiger partial charge in [0.05, 0.1) is 11.3 Å². The molecule has 0 spiro atoms. The van der Waals surface area contributed by atoms with Crippen LogP contribution in [-0.2, 0) is 6.54 Å². The zero-order chi connectivity index (χ0) is 14.5. The first-order valence-corrected chi connectivity index (χ1v) is 6.37. The van der Waals surface area contributed by atoms with Crippen LogP contribution >= 0.6 is 0 Å². The third-order valence-electron chi connectivity index (χ3n) is 2.98. The summed E-state index contributed by atoms with van der Waals surface area (Å²) in [5.41, 5.74) is 6.55. The quantitative estimate of drug-likeness (QED) is 0.585. The Bertz CT molecular complexity index is 625. The molecule has 0 aliphatic carbocycles. The van der Waals surface area contributed by atoms with Crippen molar-refractivity contribution in [3.63, 3.8) is 0 Å². The monoisotopic (exact) mass is 270 g/mol. The van der Waals surface area contributed by atoms with Gasteiger partial charge in [0.15, 0.2) is 0 Å². The SMILES string of the molecule is Cc1cccc(CNC(=O)c2cnc(C)cc2NN)c1. The molecule has 0 atom stereocenters. The van der Waals surface area contributed by atoms with E-state index in [1.807, 2.05) is 38.1 Å². The number of anilines is 1. The molecule has 1 aromatic heterocycles. The van der Waals surface area contributed by atoms with Crippen molar-refractivity contribution >= 4 is 11.6 Å². The molecule has 1 heterocycles. The highest BCUT2D eigenvalue weighted by molar-refractivity contribution is 5.99. The van der Waals surface area contributed by atoms with E-state index in [-0.39, 0.29) is 5.91 Å². The van der Waals surface area contributed by atoms with E-state index in [4.69, 9.17) is 5.84 Å². The van der Waals surface area contributed by atoms with Gasteiger partial charge in [0.1, 0.15) is 0 Å². The van der Waals surface area contributed by atoms with Crippen molar-refractivity contribution in [2.24, 2.45) is 5.84 Å². The van der Waals surface area contributed by atoms with Crippen LogP contribution in [0.3, 0.4) is 0 Å². The van der Waals surface area contributed by atoms with Gasteiger partial charge in [-0.25, -0.2) is 0 Å². The van der Waals surface area contributed by atoms with Crippen LogP contribution in [0.5, 0.6) is 0 Å². The maximum atomic E-state index is 12.1. The van der Waals surface area contributed by atoms with Crippen molar-refractivity contribution in [1.82, 2.24) is 10.3 Å². The van der Waals surface area contributed by atoms with Crippen LogP contribution in [0.4, 0.5) is 5.69 Å². The Labute approximate surface area is 118 Å². The molecule has 0 radical (unpaired) electrons. The number of hydrogen-bond acceptors (Lipinski definition) is 4. The number of hydrazine groups is 1. The number of benzene rings is 1. The number of aryl methyl sites for hydroxylation is 2. The van der Waals surface area contributed by atoms with E-state index in [1.165, 1.54) is 6.20 Å². The molecule has 5 nitrogen and oxygen atoms in total. The van der Waals surface area contributed by atoms with Crippen molar-refractivity contribution in [2.75, 3.05) is 5.43 Å². The molecule has 1 amide bonds. The fourth-order valence-electron chi connectivity index (χ4n) is 1.96. The molecule has 0 saturated heterocycles. The smallest absolute Gasteiger partial charge is 0.255 e. The lowest BCUT2D eigenvalue weighted by molar-refractivity contribution is 0.0951. The van der Waals surface area contributed by atoms with Gasteiger partial charge in [-0.05, 0) is 25.5 Å². The van der Waals surface area contributed by atoms with Crippen molar-refractivity contribution in [2.45, 2.75) is 20.4 Å². The highest BCUT2D eigenvalue weighted by atomic mass is 16.1. The number of nitrogen functional groups attached to an aromatic ring is 1. The summed E-state index contributed by atoms with van der Waals surface area (Å²) in [5, 5.41) is 2.86. The molecule has 0 aliphatic heterocycles. The fourth-order valence-corrected chi connectivity index (χ4v) is 1.96. The molecule has 0 bridgehead atoms. The minimum Gasteiger partial charge on any atom is -0.348 e. The van der Waals surface area contributed by atoms with E-state index >= 15 is 0 Å². The lowest BCUT2D eigenvalue weighted by Crippen LogP contribution is -2.25. The van der Waals surface area contributed by atoms with Crippen molar-refractivity contribution in [3.8, 4) is 0 Å². The molecule has 4 N–H and O–H groups in total. The van der Waals surface area contributed by atoms with Gasteiger partial charge in [0.2, 0.25) is 0 Å². The Hall–Kier alpha value is -2.40. The summed E-state index contributed by atoms with van der Waals surface area (Å²) in [6, 6.07) is 9.74. The van der Waals surface area contributed by atoms with Gasteiger partial charge in [-0.3, -0.25) is 15.6 Å². The standard InChI is InChI=1S/C15H18N4O/c1-10-4-3-5-12(6-10)8-18-15(20)13-9-17-11(2)7-14(13)19-16/h3-7,9H,8,16H2,1-2H3,(H,17,19)(H,18,20). The van der Waals surface area contributed by atoms with Crippen LogP contribution in [0.1, 0.15) is 27.2 Å². The minimum absolute atomic E-state index is 0.202. The number of rotatable bonds is 4. The molecule has 0 saturated carbocycles. The molecule has 1 aromatic carbocycles. The zero-order valence-electron chi connectivity index (χ0n) is 11.6. The Balaban J connectivity index is 2.09. The summed E-state index contributed by atoms with van der Waals surface area (Å²) in [5.74, 6) is 5.22. The summed E-state index contributed by atoms with van der Waals surface area (Å²) in [7, 11) is 0. The first-order chi connectivity index (χ1) is 9.60. The van der Waals surface area contributed by atoms with E-state index in [0.717, 1.165) is 16.8 Å². The van der Waals surface area contributed by atoms with Crippen LogP contribution < -0.4 is 16.6 Å². The number of carbonyl (C=O) groups is 1. The number of pyridine rings is 1. The number of carbonyl (C=O) groups excluding carboxylic acids is 1. The summed E-state index contributed by atoms with van der Waals surface area (Å²) >= 11 is 0. The summed E-state index contributed by atoms with van der Waals surface area (Å²) in [4.78, 5) is 16.3. The first-order valence-electron chi connectivity index (χ1n) is 6.37. The molecule has 2 aromatic rings. The highest BCUT2D eigenvalue weighted by Gasteiger charge is 2.11. The van der Waals surface area contributed by atoms with Gasteiger partial charge < -0.3 is 10.7 Å². The molecule has 104 valence electrons. The van der Waals surface area contributed by atoms with Gasteiger partial charge in [0, 0.05) is 18.4 Å². The van der Waals surface area contributed by atoms with Gasteiger partial charge >= 0.3 is 0 Å². The molecular weight excluding hydrogens is 252 g/mol. The third-order valence-corrected chi connectivity index (χ3v) is 2.98. The number of nitrogens with two attached hydrogens (primary N) is 1. The molecule has 0 aliphatic rings. The number of nitrogens with zero attached hydrogens (tertiary/aromatic N) is 1. The third kappa shape index (κ3) is 3.33. The maximum Gasteiger partial charge on any atom is 0.255 e. The predicted molar refractivity (Wildman–Crippen MR) is 79.1 cm³/mol. The maximum absolute atomic E-state index is 12.1. The Morgan fingerprint density at radius 3 is 2.80 bits per heavy atom. The highest BCUT2D eigenvalue weighted by Crippen LogP contribution is 2.14. The summed E-state index contributed by atoms with van der Waals surface area (Å²) < 4.78 is 0. The van der Waals surface area contributed by atoms with E-state index < -0.39 is 0 Å². The molecule has 0 fully saturated rings. The van der Waals surface area contributed by atoms with E-state index in [2.05, 4.69) is 15.7 Å². The normalized spacial score (nSPS) is 10.2. The number of hydrogen-bond donors (Lipinski definition) is 3. The van der Waals surface area contributed by atoms with Crippen LogP contribution in [0.2, 0.25) is 0 Å². The Kier molecular flexibility index (Phi) is 4.32. The Morgan fingerprint density at radius 1 is 1.30 bits per heavy atom. The first kappa shape index (κ1) is 14.0. The molecule has 0 unspecified atom stereocenters. The lowest BCUT2D eigenvalue weighted by atomic mass is 10.1. The van der Waals surface area contributed by atoms with Crippen LogP contribution in [0.15, 0.2) is 36.5 Å². The second kappa shape index (κ2) is 6.16. The molecule has 20 heavy (non-hydrogen) atoms. The van der Waals surface area contributed by atoms with Crippen LogP contribution in [-0.4, -0.2) is 10.9 Å². The van der Waals surface area contributed by atoms with Gasteiger partial charge in [-0.1, -0.05) is 29.8 Å². The second-order valence-corrected chi connectivity index (χ2v) is 4.69. The van der Waals surface area contributed by atoms with Crippen LogP contribution in [0, 0.1) is 13.8 Å². The number of aromatic nitrogens is 1. The number of amides is 1. The molecular formula is C15H18N4O. The summed E-state index contributed by atoms with van der Waals surface area (Å²) in [6.07, 6.45) is 1.52. The van der Waals surface area contributed by atoms with Gasteiger partial charge in [-0.15, -0.1) is 0 Å². The predicted octanol–water partition coefficient (Wildman–Crippen LogP) is 1.91. The molecule has 2 rings (SSSR count). The zero-order valence-corrected chi connectivity index (χ0v) is 11.6. The van der Waals surface area contributed by atoms with E-state index in [0.29, 0.717) is 17.8 Å². The van der Waals surface area contributed by atoms with Crippen LogP contribution in [0.25, 0.3) is 0 Å². The Morgan fingerprint density at radius 2 is 2.10 bits per heavy atom. The van der Waals surface area contributed by atoms with E-state index in [9.17, 15) is 4.79 Å². The van der Waals surface area contributed by atoms with Gasteiger partial charge in [-0.2, -0.15) is 0 Å². The van der Waals surface area contributed by atoms with Crippen molar-refractivity contribution in [1.29, 1.82) is 0 Å². The minimum atomic E-state index is -0.202. The average molecular weight is 270 g/mol. The van der Waals surface area contributed by atoms with E-state index in [1.54, 1.807) is 6.07 Å².